The number of nitrogens with two attached hydrogens (primary N) is 1. The van der Waals surface area contributed by atoms with E-state index in [-0.39, 0.29) is 16.2 Å². The number of carbonyl (C=O) groups excluding carboxylic acids is 1. The molecule has 6 aliphatic rings. The van der Waals surface area contributed by atoms with Gasteiger partial charge in [-0.1, -0.05) is 37.3 Å². The van der Waals surface area contributed by atoms with Crippen molar-refractivity contribution in [3.63, 3.8) is 0 Å². The van der Waals surface area contributed by atoms with E-state index in [1.54, 1.807) is 0 Å². The van der Waals surface area contributed by atoms with E-state index in [1.165, 1.54) is 37.7 Å². The minimum Gasteiger partial charge on any atom is -0.342 e. The third-order valence-electron chi connectivity index (χ3n) is 9.37. The van der Waals surface area contributed by atoms with Crippen LogP contribution in [0, 0.1) is 22.2 Å². The molecule has 4 bridgehead atoms. The molecule has 6 fully saturated rings. The molecule has 1 saturated heterocycles. The minimum absolute atomic E-state index is 0.123. The van der Waals surface area contributed by atoms with Crippen LogP contribution in [0.25, 0.3) is 0 Å². The highest BCUT2D eigenvalue weighted by atomic mass is 16.2. The summed E-state index contributed by atoms with van der Waals surface area (Å²) in [4.78, 5) is 16.3. The summed E-state index contributed by atoms with van der Waals surface area (Å²) in [5.74, 6) is 1.20. The zero-order valence-electron chi connectivity index (χ0n) is 17.3. The van der Waals surface area contributed by atoms with Crippen LogP contribution in [0.1, 0.15) is 70.3 Å². The van der Waals surface area contributed by atoms with E-state index in [0.717, 1.165) is 38.8 Å². The average molecular weight is 379 g/mol. The Kier molecular flexibility index (Phi) is 3.38. The van der Waals surface area contributed by atoms with Gasteiger partial charge in [0.15, 0.2) is 0 Å². The topological polar surface area (TPSA) is 46.3 Å². The number of hydrogen-bond donors (Lipinski definition) is 1. The zero-order chi connectivity index (χ0) is 19.2. The Hall–Kier alpha value is -1.35. The van der Waals surface area contributed by atoms with Crippen molar-refractivity contribution in [2.75, 3.05) is 13.1 Å². The molecule has 2 N–H and O–H groups in total. The average Bonchev–Trinajstić information content (AvgIpc) is 3.43. The third-order valence-corrected chi connectivity index (χ3v) is 9.37. The van der Waals surface area contributed by atoms with Crippen molar-refractivity contribution in [2.45, 2.75) is 76.2 Å². The summed E-state index contributed by atoms with van der Waals surface area (Å²) in [5, 5.41) is 0. The van der Waals surface area contributed by atoms with Gasteiger partial charge in [-0.2, -0.15) is 0 Å². The van der Waals surface area contributed by atoms with Crippen molar-refractivity contribution in [2.24, 2.45) is 27.9 Å². The van der Waals surface area contributed by atoms with Gasteiger partial charge in [0.2, 0.25) is 5.91 Å². The molecule has 28 heavy (non-hydrogen) atoms. The fourth-order valence-electron chi connectivity index (χ4n) is 8.65. The van der Waals surface area contributed by atoms with E-state index >= 15 is 0 Å². The number of benzene rings is 1. The summed E-state index contributed by atoms with van der Waals surface area (Å²) in [6, 6.07) is 11.5. The van der Waals surface area contributed by atoms with Crippen molar-refractivity contribution < 1.29 is 4.79 Å². The van der Waals surface area contributed by atoms with Crippen LogP contribution < -0.4 is 5.73 Å². The standard InChI is InChI=1S/C25H34N2O/c1-22-11-18-12-24(14-22,19-5-3-2-4-6-19)16-25(13-18,15-22)21(28)27-10-7-20(26)23(17-27)8-9-23/h2-6,18,20H,7-17,26H2,1H3/t18?,20?,22-,24-,25?/m0/s1. The molecular weight excluding hydrogens is 344 g/mol. The molecule has 3 nitrogen and oxygen atoms in total. The van der Waals surface area contributed by atoms with E-state index in [2.05, 4.69) is 42.2 Å². The molecule has 1 amide bonds. The second-order valence-electron chi connectivity index (χ2n) is 11.7. The second-order valence-corrected chi connectivity index (χ2v) is 11.7. The Bertz CT molecular complexity index is 817. The lowest BCUT2D eigenvalue weighted by Gasteiger charge is -2.66. The van der Waals surface area contributed by atoms with Crippen LogP contribution >= 0.6 is 0 Å². The second kappa shape index (κ2) is 5.41. The molecule has 5 saturated carbocycles. The number of nitrogens with zero attached hydrogens (tertiary/aromatic N) is 1. The van der Waals surface area contributed by atoms with Gasteiger partial charge in [-0.05, 0) is 80.1 Å². The van der Waals surface area contributed by atoms with Crippen LogP contribution in [-0.2, 0) is 10.2 Å². The summed E-state index contributed by atoms with van der Waals surface area (Å²) in [6.07, 6.45) is 10.6. The first-order valence-electron chi connectivity index (χ1n) is 11.5. The van der Waals surface area contributed by atoms with Gasteiger partial charge in [0.1, 0.15) is 0 Å². The van der Waals surface area contributed by atoms with Crippen molar-refractivity contribution in [3.05, 3.63) is 35.9 Å². The first-order chi connectivity index (χ1) is 13.4. The molecule has 1 aromatic rings. The van der Waals surface area contributed by atoms with Crippen molar-refractivity contribution in [1.82, 2.24) is 4.90 Å². The van der Waals surface area contributed by atoms with Crippen LogP contribution in [0.15, 0.2) is 30.3 Å². The van der Waals surface area contributed by atoms with E-state index in [1.807, 2.05) is 0 Å². The van der Waals surface area contributed by atoms with E-state index in [4.69, 9.17) is 5.73 Å². The lowest BCUT2D eigenvalue weighted by atomic mass is 9.38. The van der Waals surface area contributed by atoms with Gasteiger partial charge in [0, 0.05) is 24.5 Å². The number of rotatable bonds is 2. The summed E-state index contributed by atoms with van der Waals surface area (Å²) >= 11 is 0. The first kappa shape index (κ1) is 17.5. The van der Waals surface area contributed by atoms with Crippen LogP contribution in [0.3, 0.4) is 0 Å². The molecule has 3 unspecified atom stereocenters. The number of carbonyl (C=O) groups is 1. The van der Waals surface area contributed by atoms with Crippen LogP contribution in [0.4, 0.5) is 0 Å². The fourth-order valence-corrected chi connectivity index (χ4v) is 8.65. The molecular formula is C25H34N2O. The van der Waals surface area contributed by atoms with Gasteiger partial charge in [0.05, 0.1) is 5.41 Å². The van der Waals surface area contributed by atoms with Crippen LogP contribution in [0.2, 0.25) is 0 Å². The van der Waals surface area contributed by atoms with Gasteiger partial charge >= 0.3 is 0 Å². The highest BCUT2D eigenvalue weighted by molar-refractivity contribution is 5.84. The van der Waals surface area contributed by atoms with Crippen molar-refractivity contribution in [1.29, 1.82) is 0 Å². The quantitative estimate of drug-likeness (QED) is 0.836. The Morgan fingerprint density at radius 2 is 1.86 bits per heavy atom. The van der Waals surface area contributed by atoms with Gasteiger partial charge in [-0.25, -0.2) is 0 Å². The van der Waals surface area contributed by atoms with Crippen molar-refractivity contribution >= 4 is 5.91 Å². The van der Waals surface area contributed by atoms with E-state index in [0.29, 0.717) is 23.3 Å². The van der Waals surface area contributed by atoms with Crippen molar-refractivity contribution in [3.8, 4) is 0 Å². The number of likely N-dealkylation sites (tertiary alicyclic amines) is 1. The molecule has 5 aliphatic carbocycles. The van der Waals surface area contributed by atoms with Crippen LogP contribution in [0.5, 0.6) is 0 Å². The van der Waals surface area contributed by atoms with E-state index < -0.39 is 0 Å². The lowest BCUT2D eigenvalue weighted by molar-refractivity contribution is -0.172. The monoisotopic (exact) mass is 378 g/mol. The van der Waals surface area contributed by atoms with E-state index in [9.17, 15) is 4.79 Å². The fraction of sp³-hybridized carbons (Fsp3) is 0.720. The molecule has 7 rings (SSSR count). The molecule has 1 aliphatic heterocycles. The molecule has 0 aromatic heterocycles. The smallest absolute Gasteiger partial charge is 0.228 e. The lowest BCUT2D eigenvalue weighted by Crippen LogP contribution is -2.64. The summed E-state index contributed by atoms with van der Waals surface area (Å²) < 4.78 is 0. The molecule has 5 atom stereocenters. The Morgan fingerprint density at radius 1 is 1.07 bits per heavy atom. The predicted octanol–water partition coefficient (Wildman–Crippen LogP) is 4.25. The SMILES string of the molecule is C[C@@]12CC3CC(C(=O)N4CCC(N)C5(CC5)C4)(C1)C[C@](c1ccccc1)(C3)C2. The molecule has 0 radical (unpaired) electrons. The molecule has 150 valence electrons. The summed E-state index contributed by atoms with van der Waals surface area (Å²) in [6.45, 7) is 4.28. The Labute approximate surface area is 169 Å². The third kappa shape index (κ3) is 2.35. The maximum absolute atomic E-state index is 14.1. The molecule has 1 heterocycles. The van der Waals surface area contributed by atoms with Gasteiger partial charge in [-0.3, -0.25) is 4.79 Å². The number of piperidine rings is 1. The number of amides is 1. The van der Waals surface area contributed by atoms with Gasteiger partial charge < -0.3 is 10.6 Å². The highest BCUT2D eigenvalue weighted by Crippen LogP contribution is 2.70. The molecule has 1 spiro atoms. The first-order valence-corrected chi connectivity index (χ1v) is 11.5. The zero-order valence-corrected chi connectivity index (χ0v) is 17.3. The largest absolute Gasteiger partial charge is 0.342 e. The Morgan fingerprint density at radius 3 is 2.57 bits per heavy atom. The summed E-state index contributed by atoms with van der Waals surface area (Å²) in [7, 11) is 0. The summed E-state index contributed by atoms with van der Waals surface area (Å²) in [5.41, 5.74) is 8.59. The van der Waals surface area contributed by atoms with Gasteiger partial charge in [0.25, 0.3) is 0 Å². The normalized spacial score (nSPS) is 45.4. The Balaban J connectivity index is 1.36. The molecule has 3 heteroatoms. The maximum Gasteiger partial charge on any atom is 0.228 e. The predicted molar refractivity (Wildman–Crippen MR) is 111 cm³/mol. The molecule has 1 aromatic carbocycles. The van der Waals surface area contributed by atoms with Crippen LogP contribution in [-0.4, -0.2) is 29.9 Å². The number of hydrogen-bond acceptors (Lipinski definition) is 2. The van der Waals surface area contributed by atoms with Gasteiger partial charge in [-0.15, -0.1) is 0 Å². The maximum atomic E-state index is 14.1. The minimum atomic E-state index is -0.123. The highest BCUT2D eigenvalue weighted by Gasteiger charge is 2.65.